The predicted molar refractivity (Wildman–Crippen MR) is 370 cm³/mol. The molecule has 22 aliphatic heterocycles. The Hall–Kier alpha value is -0.900. The van der Waals surface area contributed by atoms with E-state index in [2.05, 4.69) is 6.92 Å². The van der Waals surface area contributed by atoms with Gasteiger partial charge in [0.2, 0.25) is 0 Å². The van der Waals surface area contributed by atoms with E-state index in [1.54, 1.807) is 0 Å². The van der Waals surface area contributed by atoms with E-state index in [1.165, 1.54) is 63.1 Å². The summed E-state index contributed by atoms with van der Waals surface area (Å²) in [5.41, 5.74) is -1.09. The lowest BCUT2D eigenvalue weighted by molar-refractivity contribution is -0.396. The summed E-state index contributed by atoms with van der Waals surface area (Å²) in [7, 11) is 0. The summed E-state index contributed by atoms with van der Waals surface area (Å²) >= 11 is 2.35. The predicted octanol–water partition coefficient (Wildman–Crippen LogP) is -9.43. The highest BCUT2D eigenvalue weighted by molar-refractivity contribution is 7.99. The first-order valence-corrected chi connectivity index (χ1v) is 40.5. The van der Waals surface area contributed by atoms with Gasteiger partial charge in [-0.1, -0.05) is 90.4 Å². The van der Waals surface area contributed by atoms with Crippen LogP contribution in [0.5, 0.6) is 0 Å². The fraction of sp³-hybridized carbons (Fsp3) is 1.00. The summed E-state index contributed by atoms with van der Waals surface area (Å²) in [4.78, 5) is 0. The summed E-state index contributed by atoms with van der Waals surface area (Å²) in [6, 6.07) is 0. The molecule has 22 rings (SSSR count). The standard InChI is InChI=1S/C68H120O40S2/c1-2-3-4-5-6-7-8-9-10-11-12-13-14-15-19-109-28-36-59-52(91)60(93-17-16-92-18-20-110-68-51(90)38(77)37(76)29(21-69)101-68)67(100-36)108-58-35(27-75)99-65(50(89)44(58)83)106-56-33(25-73)97-63(48(87)42(56)81)104-54-31(23-71)95-61(46(85)40(54)79)102-53-30(22-70)94-62(45(84)39(53)78)103-55-32(24-72)96-64(47(86)41(55)80)105-57-34(26-74)98-66(107-59)49(88)43(57)82/h29-91H,2-28H2,1H3/t29-,30-,31-,32-,33-,34-,35-,36-,37-,38+,39-,40-,41-,42-,43-,44-,45-,46-,47-,48-,49-,50-,51-,52+,53-,54-,55-,56-,57-,58-,59-,60-,61-,62-,63-,64-,65-,66-,67-,68+/m1/s1. The van der Waals surface area contributed by atoms with Crippen LogP contribution in [0, 0.1) is 0 Å². The fourth-order valence-corrected chi connectivity index (χ4v) is 17.0. The maximum absolute atomic E-state index is 12.8. The minimum atomic E-state index is -2.23. The Bertz CT molecular complexity index is 2550. The quantitative estimate of drug-likeness (QED) is 0.0278. The van der Waals surface area contributed by atoms with Gasteiger partial charge in [0.05, 0.1) is 72.2 Å². The monoisotopic (exact) mass is 1640 g/mol. The number of unbranched alkanes of at least 4 members (excludes halogenated alkanes) is 13. The van der Waals surface area contributed by atoms with E-state index >= 15 is 0 Å². The number of rotatable bonds is 32. The summed E-state index contributed by atoms with van der Waals surface area (Å²) in [6.07, 6.45) is -59.5. The van der Waals surface area contributed by atoms with Crippen LogP contribution in [0.15, 0.2) is 0 Å². The Morgan fingerprint density at radius 3 is 0.855 bits per heavy atom. The van der Waals surface area contributed by atoms with Gasteiger partial charge < -0.3 is 198 Å². The van der Waals surface area contributed by atoms with Crippen molar-refractivity contribution in [1.29, 1.82) is 0 Å². The van der Waals surface area contributed by atoms with Crippen LogP contribution in [-0.4, -0.2) is 446 Å². The van der Waals surface area contributed by atoms with Crippen molar-refractivity contribution in [3.05, 3.63) is 0 Å². The third-order valence-electron chi connectivity index (χ3n) is 21.4. The van der Waals surface area contributed by atoms with Crippen LogP contribution in [0.4, 0.5) is 0 Å². The molecule has 0 radical (unpaired) electrons. The molecular weight excluding hydrogens is 1520 g/mol. The molecule has 14 bridgehead atoms. The van der Waals surface area contributed by atoms with Crippen LogP contribution in [0.25, 0.3) is 0 Å². The molecular formula is C68H120O40S2. The molecule has 0 aliphatic carbocycles. The lowest BCUT2D eigenvalue weighted by Gasteiger charge is -2.50. The molecule has 110 heavy (non-hydrogen) atoms. The number of thioether (sulfide) groups is 2. The minimum Gasteiger partial charge on any atom is -0.394 e. The first-order chi connectivity index (χ1) is 52.9. The highest BCUT2D eigenvalue weighted by atomic mass is 32.2. The average molecular weight is 1640 g/mol. The minimum absolute atomic E-state index is 0.0392. The number of aliphatic hydroxyl groups is 23. The van der Waals surface area contributed by atoms with Gasteiger partial charge in [0.15, 0.2) is 44.0 Å². The van der Waals surface area contributed by atoms with Crippen molar-refractivity contribution in [2.45, 2.75) is 342 Å². The summed E-state index contributed by atoms with van der Waals surface area (Å²) in [6.45, 7) is -5.50. The van der Waals surface area contributed by atoms with Crippen molar-refractivity contribution >= 4 is 23.5 Å². The van der Waals surface area contributed by atoms with E-state index in [0.717, 1.165) is 50.3 Å². The first-order valence-electron chi connectivity index (χ1n) is 38.3. The molecule has 0 spiro atoms. The largest absolute Gasteiger partial charge is 0.394 e. The van der Waals surface area contributed by atoms with Crippen molar-refractivity contribution in [3.8, 4) is 0 Å². The molecule has 42 heteroatoms. The molecule has 40 nitrogen and oxygen atoms in total. The molecule has 0 saturated carbocycles. The van der Waals surface area contributed by atoms with Crippen LogP contribution in [-0.2, 0) is 80.5 Å². The molecule has 0 aromatic carbocycles. The second-order valence-corrected chi connectivity index (χ2v) is 31.5. The maximum Gasteiger partial charge on any atom is 0.187 e. The zero-order valence-electron chi connectivity index (χ0n) is 61.2. The van der Waals surface area contributed by atoms with E-state index in [9.17, 15) is 117 Å². The third-order valence-corrected chi connectivity index (χ3v) is 23.7. The highest BCUT2D eigenvalue weighted by Gasteiger charge is 2.60. The molecule has 22 aliphatic rings. The molecule has 22 saturated heterocycles. The smallest absolute Gasteiger partial charge is 0.187 e. The Balaban J connectivity index is 0.985. The van der Waals surface area contributed by atoms with Gasteiger partial charge in [0.25, 0.3) is 0 Å². The van der Waals surface area contributed by atoms with Crippen LogP contribution in [0.1, 0.15) is 96.8 Å². The molecule has 22 heterocycles. The number of aliphatic hydroxyl groups excluding tert-OH is 23. The maximum atomic E-state index is 12.8. The van der Waals surface area contributed by atoms with Crippen LogP contribution in [0.3, 0.4) is 0 Å². The number of hydrogen-bond acceptors (Lipinski definition) is 42. The van der Waals surface area contributed by atoms with Gasteiger partial charge in [-0.25, -0.2) is 0 Å². The average Bonchev–Trinajstić information content (AvgIpc) is 0.774. The number of hydrogen-bond donors (Lipinski definition) is 23. The highest BCUT2D eigenvalue weighted by Crippen LogP contribution is 2.41. The Morgan fingerprint density at radius 2 is 0.536 bits per heavy atom. The zero-order chi connectivity index (χ0) is 79.6. The molecule has 0 aromatic rings. The lowest BCUT2D eigenvalue weighted by Crippen LogP contribution is -2.68. The van der Waals surface area contributed by atoms with E-state index < -0.39 is 298 Å². The molecule has 22 fully saturated rings. The third kappa shape index (κ3) is 23.0. The second kappa shape index (κ2) is 45.5. The topological polar surface area (TPSA) is 622 Å². The van der Waals surface area contributed by atoms with Crippen molar-refractivity contribution in [3.63, 3.8) is 0 Å². The molecule has 23 N–H and O–H groups in total. The van der Waals surface area contributed by atoms with E-state index in [-0.39, 0.29) is 24.7 Å². The summed E-state index contributed by atoms with van der Waals surface area (Å²) in [5, 5.41) is 258. The van der Waals surface area contributed by atoms with Crippen molar-refractivity contribution in [2.75, 3.05) is 83.3 Å². The SMILES string of the molecule is CCCCCCCCCCCCCCCCSC[C@H]1O[C@@H]2O[C@H]3[C@H](O)[C@@H](O)[C@@H](O[C@H]4[C@H](O)[C@@H](O)[C@@H](O[C@H]5[C@H](O)[C@@H](O)[C@@H](O[C@H]6[C@H](O)[C@@H](O)[C@@H](O[C@H]7[C@H](O)[C@@H](O)[C@@H](O[C@H]8[C@H](O)[C@@H](O)[C@@H](O[C@H]1[C@H](O)[C@H]2OCCOCCS[C@@H]1O[C@H](CO)[C@@H](O)[C@H](O)[C@H]1O)O[C@@H]8CO)O[C@@H]7CO)O[C@@H]6CO)O[C@@H]5CO)O[C@@H]4CO)O[C@@H]3CO. The molecule has 0 unspecified atom stereocenters. The van der Waals surface area contributed by atoms with Gasteiger partial charge in [-0.2, -0.15) is 11.8 Å². The van der Waals surface area contributed by atoms with Gasteiger partial charge in [0, 0.05) is 11.5 Å². The Morgan fingerprint density at radius 1 is 0.245 bits per heavy atom. The van der Waals surface area contributed by atoms with Crippen LogP contribution in [0.2, 0.25) is 0 Å². The summed E-state index contributed by atoms with van der Waals surface area (Å²) < 4.78 is 102. The lowest BCUT2D eigenvalue weighted by atomic mass is 9.95. The molecule has 0 amide bonds. The van der Waals surface area contributed by atoms with Crippen LogP contribution >= 0.6 is 23.5 Å². The molecule has 0 aromatic heterocycles. The zero-order valence-corrected chi connectivity index (χ0v) is 62.9. The van der Waals surface area contributed by atoms with Crippen molar-refractivity contribution in [1.82, 2.24) is 0 Å². The van der Waals surface area contributed by atoms with Gasteiger partial charge in [0.1, 0.15) is 195 Å². The van der Waals surface area contributed by atoms with Gasteiger partial charge in [-0.05, 0) is 12.2 Å². The Labute approximate surface area is 644 Å². The van der Waals surface area contributed by atoms with Gasteiger partial charge in [-0.3, -0.25) is 0 Å². The van der Waals surface area contributed by atoms with E-state index in [1.807, 2.05) is 0 Å². The van der Waals surface area contributed by atoms with Crippen LogP contribution < -0.4 is 0 Å². The van der Waals surface area contributed by atoms with E-state index in [0.29, 0.717) is 5.75 Å². The normalized spacial score (nSPS) is 46.6. The molecule has 644 valence electrons. The van der Waals surface area contributed by atoms with Crippen molar-refractivity contribution in [2.24, 2.45) is 0 Å². The van der Waals surface area contributed by atoms with Gasteiger partial charge in [-0.15, -0.1) is 11.8 Å². The Kier molecular flexibility index (Phi) is 38.4. The number of ether oxygens (including phenoxy) is 17. The van der Waals surface area contributed by atoms with Gasteiger partial charge >= 0.3 is 0 Å². The van der Waals surface area contributed by atoms with Crippen molar-refractivity contribution < 1.29 is 198 Å². The summed E-state index contributed by atoms with van der Waals surface area (Å²) in [5.74, 6) is 0.602. The fourth-order valence-electron chi connectivity index (χ4n) is 14.9. The van der Waals surface area contributed by atoms with E-state index in [4.69, 9.17) is 80.5 Å². The second-order valence-electron chi connectivity index (χ2n) is 29.2. The first kappa shape index (κ1) is 93.0. The molecule has 40 atom stereocenters.